The fraction of sp³-hybridized carbons (Fsp3) is 0.211. The number of benzene rings is 4. The lowest BCUT2D eigenvalue weighted by Gasteiger charge is -2.06. The van der Waals surface area contributed by atoms with E-state index in [4.69, 9.17) is 19.3 Å². The van der Waals surface area contributed by atoms with Crippen LogP contribution in [0.1, 0.15) is 76.0 Å². The molecule has 13 heteroatoms. The van der Waals surface area contributed by atoms with Gasteiger partial charge in [-0.25, -0.2) is 19.2 Å². The molecule has 0 spiro atoms. The van der Waals surface area contributed by atoms with Gasteiger partial charge in [-0.2, -0.15) is 0 Å². The maximum atomic E-state index is 12.1. The molecule has 12 nitrogen and oxygen atoms in total. The van der Waals surface area contributed by atoms with Gasteiger partial charge >= 0.3 is 23.9 Å². The minimum absolute atomic E-state index is 0.0126. The second kappa shape index (κ2) is 22.0. The van der Waals surface area contributed by atoms with E-state index in [2.05, 4.69) is 25.4 Å². The standard InChI is InChI=1S/C19H18O6.C10H9BrO3.C9H10O3/c1-3-24-16-10-8-15(9-11-16)19(22)25-12-17(20)13-4-6-14(7-5-13)18(21)23-2;1-14-10(13)8-4-2-7(3-5-8)9(12)6-11;1-2-12-8-5-3-7(4-6-8)9(10)11/h4-11H,3,12H2,1-2H3;2-5H,6H2,1H3;3-6H,2H2,1H3,(H,10,11). The molecule has 4 rings (SSSR count). The Morgan fingerprint density at radius 1 is 0.510 bits per heavy atom. The minimum Gasteiger partial charge on any atom is -0.494 e. The number of hydrogen-bond acceptors (Lipinski definition) is 11. The third-order valence-electron chi connectivity index (χ3n) is 6.52. The molecule has 0 radical (unpaired) electrons. The maximum Gasteiger partial charge on any atom is 0.338 e. The molecular weight excluding hydrogens is 728 g/mol. The molecule has 0 amide bonds. The summed E-state index contributed by atoms with van der Waals surface area (Å²) in [6.45, 7) is 4.49. The van der Waals surface area contributed by atoms with Crippen LogP contribution in [0.25, 0.3) is 0 Å². The van der Waals surface area contributed by atoms with Crippen molar-refractivity contribution in [3.8, 4) is 11.5 Å². The van der Waals surface area contributed by atoms with Crippen LogP contribution in [0.15, 0.2) is 97.1 Å². The van der Waals surface area contributed by atoms with Crippen molar-refractivity contribution in [2.75, 3.05) is 39.4 Å². The van der Waals surface area contributed by atoms with Gasteiger partial charge in [-0.3, -0.25) is 9.59 Å². The number of carboxylic acid groups (broad SMARTS) is 1. The SMILES string of the molecule is CCOc1ccc(C(=O)O)cc1.CCOc1ccc(C(=O)OCC(=O)c2ccc(C(=O)OC)cc2)cc1.COC(=O)c1ccc(C(=O)CBr)cc1. The molecule has 4 aromatic carbocycles. The lowest BCUT2D eigenvalue weighted by atomic mass is 10.1. The number of rotatable bonds is 13. The Hall–Kier alpha value is -5.82. The quantitative estimate of drug-likeness (QED) is 0.0659. The van der Waals surface area contributed by atoms with Crippen molar-refractivity contribution in [2.45, 2.75) is 13.8 Å². The van der Waals surface area contributed by atoms with Gasteiger partial charge in [0.15, 0.2) is 18.2 Å². The van der Waals surface area contributed by atoms with Gasteiger partial charge in [0.1, 0.15) is 11.5 Å². The zero-order valence-electron chi connectivity index (χ0n) is 28.4. The molecule has 51 heavy (non-hydrogen) atoms. The van der Waals surface area contributed by atoms with Gasteiger partial charge in [0.25, 0.3) is 0 Å². The molecule has 4 aromatic rings. The molecular formula is C38H37BrO12. The highest BCUT2D eigenvalue weighted by Gasteiger charge is 2.13. The highest BCUT2D eigenvalue weighted by atomic mass is 79.9. The first-order valence-electron chi connectivity index (χ1n) is 15.3. The average Bonchev–Trinajstić information content (AvgIpc) is 3.17. The normalized spacial score (nSPS) is 9.75. The first kappa shape index (κ1) is 41.4. The fourth-order valence-electron chi connectivity index (χ4n) is 3.91. The van der Waals surface area contributed by atoms with Gasteiger partial charge < -0.3 is 28.8 Å². The largest absolute Gasteiger partial charge is 0.494 e. The molecule has 1 N–H and O–H groups in total. The van der Waals surface area contributed by atoms with Gasteiger partial charge in [-0.15, -0.1) is 0 Å². The van der Waals surface area contributed by atoms with Crippen molar-refractivity contribution >= 4 is 51.4 Å². The highest BCUT2D eigenvalue weighted by Crippen LogP contribution is 2.14. The number of carboxylic acids is 1. The number of esters is 3. The molecule has 0 fully saturated rings. The van der Waals surface area contributed by atoms with Crippen LogP contribution in [0.2, 0.25) is 0 Å². The Labute approximate surface area is 303 Å². The first-order chi connectivity index (χ1) is 24.5. The lowest BCUT2D eigenvalue weighted by molar-refractivity contribution is 0.0474. The lowest BCUT2D eigenvalue weighted by Crippen LogP contribution is -2.14. The number of hydrogen-bond donors (Lipinski definition) is 1. The summed E-state index contributed by atoms with van der Waals surface area (Å²) in [5.41, 5.74) is 2.31. The predicted molar refractivity (Wildman–Crippen MR) is 190 cm³/mol. The number of ether oxygens (including phenoxy) is 5. The summed E-state index contributed by atoms with van der Waals surface area (Å²) in [5, 5.41) is 8.85. The molecule has 268 valence electrons. The number of carbonyl (C=O) groups excluding carboxylic acids is 5. The second-order valence-electron chi connectivity index (χ2n) is 9.91. The van der Waals surface area contributed by atoms with E-state index in [1.54, 1.807) is 60.7 Å². The van der Waals surface area contributed by atoms with Crippen LogP contribution in [0.3, 0.4) is 0 Å². The van der Waals surface area contributed by atoms with E-state index >= 15 is 0 Å². The molecule has 0 atom stereocenters. The summed E-state index contributed by atoms with van der Waals surface area (Å²) in [6, 6.07) is 25.1. The molecule has 0 aliphatic rings. The minimum atomic E-state index is -0.918. The van der Waals surface area contributed by atoms with Gasteiger partial charge in [0.2, 0.25) is 0 Å². The highest BCUT2D eigenvalue weighted by molar-refractivity contribution is 9.09. The number of carbonyl (C=O) groups is 6. The number of ketones is 2. The first-order valence-corrected chi connectivity index (χ1v) is 16.4. The van der Waals surface area contributed by atoms with Crippen molar-refractivity contribution in [1.29, 1.82) is 0 Å². The predicted octanol–water partition coefficient (Wildman–Crippen LogP) is 6.75. The van der Waals surface area contributed by atoms with E-state index in [0.29, 0.717) is 52.5 Å². The number of halogens is 1. The third kappa shape index (κ3) is 13.9. The second-order valence-corrected chi connectivity index (χ2v) is 10.5. The van der Waals surface area contributed by atoms with Crippen LogP contribution in [-0.2, 0) is 14.2 Å². The van der Waals surface area contributed by atoms with Gasteiger partial charge in [-0.05, 0) is 86.6 Å². The Balaban J connectivity index is 0.000000292. The number of methoxy groups -OCH3 is 2. The molecule has 0 aliphatic heterocycles. The Kier molecular flexibility index (Phi) is 17.8. The molecule has 0 bridgehead atoms. The fourth-order valence-corrected chi connectivity index (χ4v) is 4.23. The molecule has 0 saturated carbocycles. The summed E-state index contributed by atoms with van der Waals surface area (Å²) in [6.07, 6.45) is 0. The number of Topliss-reactive ketones (excluding diaryl/α,β-unsaturated/α-hetero) is 2. The van der Waals surface area contributed by atoms with Crippen LogP contribution >= 0.6 is 15.9 Å². The van der Waals surface area contributed by atoms with Crippen LogP contribution in [0.4, 0.5) is 0 Å². The smallest absolute Gasteiger partial charge is 0.338 e. The molecule has 0 heterocycles. The molecule has 0 unspecified atom stereocenters. The van der Waals surface area contributed by atoms with Gasteiger partial charge in [0.05, 0.1) is 55.0 Å². The summed E-state index contributed by atoms with van der Waals surface area (Å²) in [4.78, 5) is 68.0. The Morgan fingerprint density at radius 2 is 0.843 bits per heavy atom. The summed E-state index contributed by atoms with van der Waals surface area (Å²) in [7, 11) is 2.60. The van der Waals surface area contributed by atoms with Crippen molar-refractivity contribution in [3.63, 3.8) is 0 Å². The Morgan fingerprint density at radius 3 is 1.20 bits per heavy atom. The van der Waals surface area contributed by atoms with Gasteiger partial charge in [-0.1, -0.05) is 40.2 Å². The molecule has 0 saturated heterocycles. The van der Waals surface area contributed by atoms with Crippen molar-refractivity contribution in [2.24, 2.45) is 0 Å². The van der Waals surface area contributed by atoms with E-state index in [1.165, 1.54) is 50.6 Å². The average molecular weight is 766 g/mol. The zero-order chi connectivity index (χ0) is 37.8. The van der Waals surface area contributed by atoms with E-state index in [9.17, 15) is 28.8 Å². The molecule has 0 aliphatic carbocycles. The van der Waals surface area contributed by atoms with Crippen molar-refractivity contribution in [3.05, 3.63) is 130 Å². The Bertz CT molecular complexity index is 1710. The van der Waals surface area contributed by atoms with Gasteiger partial charge in [0, 0.05) is 11.1 Å². The van der Waals surface area contributed by atoms with Crippen LogP contribution < -0.4 is 9.47 Å². The van der Waals surface area contributed by atoms with E-state index in [1.807, 2.05) is 13.8 Å². The number of aromatic carboxylic acids is 1. The van der Waals surface area contributed by atoms with E-state index in [-0.39, 0.29) is 29.1 Å². The summed E-state index contributed by atoms with van der Waals surface area (Å²) < 4.78 is 24.6. The number of alkyl halides is 1. The summed E-state index contributed by atoms with van der Waals surface area (Å²) in [5.74, 6) is -1.43. The van der Waals surface area contributed by atoms with Crippen molar-refractivity contribution < 1.29 is 57.6 Å². The zero-order valence-corrected chi connectivity index (χ0v) is 30.0. The monoisotopic (exact) mass is 764 g/mol. The van der Waals surface area contributed by atoms with E-state index < -0.39 is 23.9 Å². The third-order valence-corrected chi connectivity index (χ3v) is 7.03. The van der Waals surface area contributed by atoms with Crippen LogP contribution in [0, 0.1) is 0 Å². The topological polar surface area (TPSA) is 169 Å². The van der Waals surface area contributed by atoms with Crippen molar-refractivity contribution in [1.82, 2.24) is 0 Å². The molecule has 0 aromatic heterocycles. The maximum absolute atomic E-state index is 12.1. The van der Waals surface area contributed by atoms with E-state index in [0.717, 1.165) is 0 Å². The van der Waals surface area contributed by atoms with Crippen LogP contribution in [-0.4, -0.2) is 79.9 Å². The van der Waals surface area contributed by atoms with Crippen LogP contribution in [0.5, 0.6) is 11.5 Å². The summed E-state index contributed by atoms with van der Waals surface area (Å²) >= 11 is 3.07.